The molecule has 0 atom stereocenters. The van der Waals surface area contributed by atoms with Crippen LogP contribution in [0.25, 0.3) is 10.9 Å². The molecule has 0 aliphatic heterocycles. The summed E-state index contributed by atoms with van der Waals surface area (Å²) < 4.78 is 2.29. The van der Waals surface area contributed by atoms with Crippen LogP contribution in [0.1, 0.15) is 24.4 Å². The fourth-order valence-electron chi connectivity index (χ4n) is 2.13. The van der Waals surface area contributed by atoms with Gasteiger partial charge in [-0.15, -0.1) is 0 Å². The molecule has 1 aromatic heterocycles. The Balaban J connectivity index is 2.28. The Hall–Kier alpha value is -1.48. The summed E-state index contributed by atoms with van der Waals surface area (Å²) in [5, 5.41) is 10.6. The van der Waals surface area contributed by atoms with Gasteiger partial charge in [0, 0.05) is 29.7 Å². The van der Waals surface area contributed by atoms with Gasteiger partial charge in [0.05, 0.1) is 0 Å². The lowest BCUT2D eigenvalue weighted by atomic mass is 10.2. The van der Waals surface area contributed by atoms with E-state index in [-0.39, 0.29) is 0 Å². The van der Waals surface area contributed by atoms with Gasteiger partial charge >= 0.3 is 0 Å². The Morgan fingerprint density at radius 3 is 2.87 bits per heavy atom. The molecule has 0 radical (unpaired) electrons. The third kappa shape index (κ3) is 1.31. The SMILES string of the molecule is NCc1cn(C2CC2)c2ccc(O)cc12. The predicted molar refractivity (Wildman–Crippen MR) is 59.8 cm³/mol. The fraction of sp³-hybridized carbons (Fsp3) is 0.333. The van der Waals surface area contributed by atoms with Crippen LogP contribution in [-0.4, -0.2) is 9.67 Å². The van der Waals surface area contributed by atoms with Crippen LogP contribution in [0.3, 0.4) is 0 Å². The number of rotatable bonds is 2. The summed E-state index contributed by atoms with van der Waals surface area (Å²) in [5.41, 5.74) is 8.01. The second-order valence-electron chi connectivity index (χ2n) is 4.20. The maximum atomic E-state index is 9.46. The number of fused-ring (bicyclic) bond motifs is 1. The van der Waals surface area contributed by atoms with E-state index < -0.39 is 0 Å². The van der Waals surface area contributed by atoms with Crippen molar-refractivity contribution in [3.8, 4) is 5.75 Å². The smallest absolute Gasteiger partial charge is 0.116 e. The molecule has 3 heteroatoms. The van der Waals surface area contributed by atoms with Crippen molar-refractivity contribution >= 4 is 10.9 Å². The van der Waals surface area contributed by atoms with Gasteiger partial charge in [-0.05, 0) is 36.6 Å². The molecule has 3 nitrogen and oxygen atoms in total. The number of aromatic hydroxyl groups is 1. The number of nitrogens with two attached hydrogens (primary N) is 1. The zero-order chi connectivity index (χ0) is 10.4. The van der Waals surface area contributed by atoms with Crippen LogP contribution in [0.2, 0.25) is 0 Å². The van der Waals surface area contributed by atoms with E-state index in [0.29, 0.717) is 18.3 Å². The first-order valence-electron chi connectivity index (χ1n) is 5.32. The number of benzene rings is 1. The molecule has 1 aromatic carbocycles. The second kappa shape index (κ2) is 3.00. The van der Waals surface area contributed by atoms with Crippen LogP contribution < -0.4 is 5.73 Å². The molecule has 15 heavy (non-hydrogen) atoms. The third-order valence-corrected chi connectivity index (χ3v) is 3.06. The van der Waals surface area contributed by atoms with Gasteiger partial charge in [0.25, 0.3) is 0 Å². The molecular weight excluding hydrogens is 188 g/mol. The maximum absolute atomic E-state index is 9.46. The van der Waals surface area contributed by atoms with Gasteiger partial charge in [0.15, 0.2) is 0 Å². The Morgan fingerprint density at radius 2 is 2.20 bits per heavy atom. The van der Waals surface area contributed by atoms with E-state index in [1.807, 2.05) is 6.07 Å². The summed E-state index contributed by atoms with van der Waals surface area (Å²) in [6, 6.07) is 6.16. The van der Waals surface area contributed by atoms with Crippen LogP contribution in [0.5, 0.6) is 5.75 Å². The van der Waals surface area contributed by atoms with E-state index in [0.717, 1.165) is 10.9 Å². The molecule has 1 fully saturated rings. The third-order valence-electron chi connectivity index (χ3n) is 3.06. The van der Waals surface area contributed by atoms with Crippen LogP contribution in [-0.2, 0) is 6.54 Å². The molecule has 0 bridgehead atoms. The summed E-state index contributed by atoms with van der Waals surface area (Å²) >= 11 is 0. The number of aromatic nitrogens is 1. The Kier molecular flexibility index (Phi) is 1.76. The van der Waals surface area contributed by atoms with Crippen LogP contribution in [0.4, 0.5) is 0 Å². The van der Waals surface area contributed by atoms with Crippen molar-refractivity contribution in [2.75, 3.05) is 0 Å². The average Bonchev–Trinajstić information content (AvgIpc) is 3.01. The summed E-state index contributed by atoms with van der Waals surface area (Å²) in [5.74, 6) is 0.311. The number of nitrogens with zero attached hydrogens (tertiary/aromatic N) is 1. The standard InChI is InChI=1S/C12H14N2O/c13-6-8-7-14(9-1-2-9)12-4-3-10(15)5-11(8)12/h3-5,7,9,15H,1-2,6,13H2. The van der Waals surface area contributed by atoms with Crippen LogP contribution in [0, 0.1) is 0 Å². The van der Waals surface area contributed by atoms with Crippen molar-refractivity contribution in [3.63, 3.8) is 0 Å². The Bertz CT molecular complexity index is 512. The Labute approximate surface area is 88.1 Å². The minimum Gasteiger partial charge on any atom is -0.508 e. The molecule has 2 aromatic rings. The molecule has 78 valence electrons. The number of hydrogen-bond donors (Lipinski definition) is 2. The normalized spacial score (nSPS) is 16.1. The lowest BCUT2D eigenvalue weighted by Gasteiger charge is -2.01. The zero-order valence-electron chi connectivity index (χ0n) is 8.48. The molecule has 0 amide bonds. The summed E-state index contributed by atoms with van der Waals surface area (Å²) in [4.78, 5) is 0. The number of hydrogen-bond acceptors (Lipinski definition) is 2. The predicted octanol–water partition coefficient (Wildman–Crippen LogP) is 2.14. The van der Waals surface area contributed by atoms with E-state index in [2.05, 4.69) is 10.8 Å². The van der Waals surface area contributed by atoms with Gasteiger partial charge in [-0.3, -0.25) is 0 Å². The first-order valence-corrected chi connectivity index (χ1v) is 5.32. The molecule has 3 N–H and O–H groups in total. The molecule has 1 heterocycles. The molecule has 1 saturated carbocycles. The molecule has 3 rings (SSSR count). The highest BCUT2D eigenvalue weighted by Gasteiger charge is 2.25. The molecular formula is C12H14N2O. The lowest BCUT2D eigenvalue weighted by Crippen LogP contribution is -1.94. The Morgan fingerprint density at radius 1 is 1.40 bits per heavy atom. The molecule has 0 saturated heterocycles. The quantitative estimate of drug-likeness (QED) is 0.783. The van der Waals surface area contributed by atoms with Gasteiger partial charge in [0.2, 0.25) is 0 Å². The van der Waals surface area contributed by atoms with Gasteiger partial charge in [0.1, 0.15) is 5.75 Å². The molecule has 1 aliphatic rings. The highest BCUT2D eigenvalue weighted by atomic mass is 16.3. The fourth-order valence-corrected chi connectivity index (χ4v) is 2.13. The van der Waals surface area contributed by atoms with E-state index in [1.165, 1.54) is 18.4 Å². The van der Waals surface area contributed by atoms with Crippen LogP contribution >= 0.6 is 0 Å². The maximum Gasteiger partial charge on any atom is 0.116 e. The van der Waals surface area contributed by atoms with E-state index >= 15 is 0 Å². The van der Waals surface area contributed by atoms with Gasteiger partial charge in [-0.25, -0.2) is 0 Å². The van der Waals surface area contributed by atoms with Crippen molar-refractivity contribution in [2.24, 2.45) is 5.73 Å². The van der Waals surface area contributed by atoms with Gasteiger partial charge in [-0.1, -0.05) is 0 Å². The van der Waals surface area contributed by atoms with Crippen molar-refractivity contribution in [3.05, 3.63) is 30.0 Å². The monoisotopic (exact) mass is 202 g/mol. The van der Waals surface area contributed by atoms with Gasteiger partial charge < -0.3 is 15.4 Å². The summed E-state index contributed by atoms with van der Waals surface area (Å²) in [7, 11) is 0. The number of phenols is 1. The minimum absolute atomic E-state index is 0.311. The molecule has 1 aliphatic carbocycles. The largest absolute Gasteiger partial charge is 0.508 e. The zero-order valence-corrected chi connectivity index (χ0v) is 8.48. The van der Waals surface area contributed by atoms with E-state index in [4.69, 9.17) is 5.73 Å². The van der Waals surface area contributed by atoms with Crippen molar-refractivity contribution in [1.29, 1.82) is 0 Å². The summed E-state index contributed by atoms with van der Waals surface area (Å²) in [6.45, 7) is 0.527. The van der Waals surface area contributed by atoms with E-state index in [1.54, 1.807) is 12.1 Å². The van der Waals surface area contributed by atoms with Crippen molar-refractivity contribution < 1.29 is 5.11 Å². The summed E-state index contributed by atoms with van der Waals surface area (Å²) in [6.07, 6.45) is 4.64. The van der Waals surface area contributed by atoms with Crippen molar-refractivity contribution in [1.82, 2.24) is 4.57 Å². The van der Waals surface area contributed by atoms with Crippen LogP contribution in [0.15, 0.2) is 24.4 Å². The minimum atomic E-state index is 0.311. The first kappa shape index (κ1) is 8.80. The highest BCUT2D eigenvalue weighted by Crippen LogP contribution is 2.39. The first-order chi connectivity index (χ1) is 7.29. The van der Waals surface area contributed by atoms with E-state index in [9.17, 15) is 5.11 Å². The number of phenolic OH excluding ortho intramolecular Hbond substituents is 1. The van der Waals surface area contributed by atoms with Gasteiger partial charge in [-0.2, -0.15) is 0 Å². The van der Waals surface area contributed by atoms with Crippen molar-refractivity contribution in [2.45, 2.75) is 25.4 Å². The second-order valence-corrected chi connectivity index (χ2v) is 4.20. The topological polar surface area (TPSA) is 51.2 Å². The highest BCUT2D eigenvalue weighted by molar-refractivity contribution is 5.85. The molecule has 0 unspecified atom stereocenters. The average molecular weight is 202 g/mol. The molecule has 0 spiro atoms. The lowest BCUT2D eigenvalue weighted by molar-refractivity contribution is 0.476.